The topological polar surface area (TPSA) is 76.5 Å². The summed E-state index contributed by atoms with van der Waals surface area (Å²) >= 11 is 0. The third-order valence-electron chi connectivity index (χ3n) is 6.77. The molecular weight excluding hydrogens is 440 g/mol. The van der Waals surface area contributed by atoms with E-state index in [0.717, 1.165) is 37.1 Å². The van der Waals surface area contributed by atoms with Crippen LogP contribution in [0.1, 0.15) is 44.2 Å². The van der Waals surface area contributed by atoms with Gasteiger partial charge in [0.25, 0.3) is 5.91 Å². The first-order chi connectivity index (χ1) is 17.0. The van der Waals surface area contributed by atoms with Crippen LogP contribution in [-0.2, 0) is 26.5 Å². The smallest absolute Gasteiger partial charge is 0.253 e. The van der Waals surface area contributed by atoms with E-state index in [1.54, 1.807) is 12.5 Å². The zero-order valence-corrected chi connectivity index (χ0v) is 20.5. The Bertz CT molecular complexity index is 1110. The van der Waals surface area contributed by atoms with Gasteiger partial charge in [-0.25, -0.2) is 4.98 Å². The van der Waals surface area contributed by atoms with Crippen molar-refractivity contribution in [2.45, 2.75) is 45.3 Å². The van der Waals surface area contributed by atoms with Crippen LogP contribution in [0.3, 0.4) is 0 Å². The van der Waals surface area contributed by atoms with Gasteiger partial charge in [0.2, 0.25) is 5.91 Å². The Morgan fingerprint density at radius 1 is 1.06 bits per heavy atom. The van der Waals surface area contributed by atoms with E-state index in [2.05, 4.69) is 17.2 Å². The number of nitrogens with one attached hydrogen (secondary N) is 1. The van der Waals surface area contributed by atoms with Crippen molar-refractivity contribution in [3.8, 4) is 0 Å². The molecule has 0 aliphatic carbocycles. The molecule has 0 radical (unpaired) electrons. The van der Waals surface area contributed by atoms with Crippen molar-refractivity contribution in [3.05, 3.63) is 84.3 Å². The van der Waals surface area contributed by atoms with E-state index in [4.69, 9.17) is 4.74 Å². The number of carbonyl (C=O) groups excluding carboxylic acids is 2. The van der Waals surface area contributed by atoms with Crippen molar-refractivity contribution in [3.63, 3.8) is 0 Å². The van der Waals surface area contributed by atoms with Crippen LogP contribution in [0.4, 0.5) is 5.82 Å². The second-order valence-electron chi connectivity index (χ2n) is 9.42. The van der Waals surface area contributed by atoms with Crippen molar-refractivity contribution in [1.82, 2.24) is 14.5 Å². The molecule has 0 saturated carbocycles. The molecule has 2 amide bonds. The Kier molecular flexibility index (Phi) is 7.98. The lowest BCUT2D eigenvalue weighted by molar-refractivity contribution is -0.139. The number of anilines is 1. The lowest BCUT2D eigenvalue weighted by atomic mass is 9.88. The molecule has 1 N–H and O–H groups in total. The second-order valence-corrected chi connectivity index (χ2v) is 9.42. The number of rotatable bonds is 9. The summed E-state index contributed by atoms with van der Waals surface area (Å²) in [4.78, 5) is 32.6. The van der Waals surface area contributed by atoms with Gasteiger partial charge in [0.15, 0.2) is 5.82 Å². The van der Waals surface area contributed by atoms with E-state index in [1.807, 2.05) is 77.1 Å². The number of aromatic nitrogens is 2. The minimum absolute atomic E-state index is 0.0418. The molecule has 1 aliphatic heterocycles. The first kappa shape index (κ1) is 24.7. The first-order valence-electron chi connectivity index (χ1n) is 12.3. The Morgan fingerprint density at radius 3 is 2.40 bits per heavy atom. The van der Waals surface area contributed by atoms with E-state index >= 15 is 0 Å². The van der Waals surface area contributed by atoms with Crippen molar-refractivity contribution in [1.29, 1.82) is 0 Å². The van der Waals surface area contributed by atoms with Crippen molar-refractivity contribution < 1.29 is 14.3 Å². The van der Waals surface area contributed by atoms with Crippen molar-refractivity contribution in [2.24, 2.45) is 5.92 Å². The number of hydrogen-bond donors (Lipinski definition) is 1. The maximum atomic E-state index is 13.8. The predicted molar refractivity (Wildman–Crippen MR) is 136 cm³/mol. The van der Waals surface area contributed by atoms with Crippen LogP contribution in [0.2, 0.25) is 0 Å². The molecule has 0 spiro atoms. The number of carbonyl (C=O) groups is 2. The number of nitrogens with zero attached hydrogens (tertiary/aromatic N) is 3. The third kappa shape index (κ3) is 5.98. The molecular formula is C28H34N4O3. The molecule has 35 heavy (non-hydrogen) atoms. The highest BCUT2D eigenvalue weighted by Gasteiger charge is 2.41. The summed E-state index contributed by atoms with van der Waals surface area (Å²) in [6, 6.07) is 19.6. The number of piperidine rings is 1. The summed E-state index contributed by atoms with van der Waals surface area (Å²) in [7, 11) is 0. The molecule has 1 unspecified atom stereocenters. The Morgan fingerprint density at radius 2 is 1.71 bits per heavy atom. The molecule has 7 nitrogen and oxygen atoms in total. The molecule has 2 heterocycles. The molecule has 1 atom stereocenters. The SMILES string of the molecule is CC1CCN(C(=O)C(C)(c2ccccc2)n2cnc(NC(=O)CCOCc3ccccc3)c2)CC1. The van der Waals surface area contributed by atoms with Gasteiger partial charge in [-0.15, -0.1) is 0 Å². The normalized spacial score (nSPS) is 16.0. The van der Waals surface area contributed by atoms with Crippen LogP contribution < -0.4 is 5.32 Å². The second kappa shape index (κ2) is 11.3. The summed E-state index contributed by atoms with van der Waals surface area (Å²) in [6.07, 6.45) is 5.60. The molecule has 2 aromatic carbocycles. The maximum absolute atomic E-state index is 13.8. The van der Waals surface area contributed by atoms with Gasteiger partial charge >= 0.3 is 0 Å². The monoisotopic (exact) mass is 474 g/mol. The predicted octanol–water partition coefficient (Wildman–Crippen LogP) is 4.45. The van der Waals surface area contributed by atoms with Crippen LogP contribution >= 0.6 is 0 Å². The first-order valence-corrected chi connectivity index (χ1v) is 12.3. The van der Waals surface area contributed by atoms with Gasteiger partial charge < -0.3 is 19.5 Å². The molecule has 3 aromatic rings. The third-order valence-corrected chi connectivity index (χ3v) is 6.77. The Hall–Kier alpha value is -3.45. The van der Waals surface area contributed by atoms with E-state index in [0.29, 0.717) is 24.9 Å². The summed E-state index contributed by atoms with van der Waals surface area (Å²) in [5.41, 5.74) is 0.990. The van der Waals surface area contributed by atoms with Gasteiger partial charge in [-0.05, 0) is 36.8 Å². The van der Waals surface area contributed by atoms with Crippen LogP contribution in [0, 0.1) is 5.92 Å². The summed E-state index contributed by atoms with van der Waals surface area (Å²) < 4.78 is 7.42. The zero-order valence-electron chi connectivity index (χ0n) is 20.5. The number of benzene rings is 2. The summed E-state index contributed by atoms with van der Waals surface area (Å²) in [5, 5.41) is 2.83. The van der Waals surface area contributed by atoms with Crippen LogP contribution in [0.15, 0.2) is 73.2 Å². The number of imidazole rings is 1. The van der Waals surface area contributed by atoms with E-state index < -0.39 is 5.54 Å². The number of amides is 2. The lowest BCUT2D eigenvalue weighted by Gasteiger charge is -2.38. The standard InChI is InChI=1S/C28H34N4O3/c1-22-13-16-31(17-14-22)27(34)28(2,24-11-7-4-8-12-24)32-19-25(29-21-32)30-26(33)15-18-35-20-23-9-5-3-6-10-23/h3-12,19,21-22H,13-18,20H2,1-2H3,(H,30,33). The van der Waals surface area contributed by atoms with E-state index in [9.17, 15) is 9.59 Å². The van der Waals surface area contributed by atoms with Gasteiger partial charge in [-0.2, -0.15) is 0 Å². The van der Waals surface area contributed by atoms with E-state index in [-0.39, 0.29) is 18.2 Å². The highest BCUT2D eigenvalue weighted by Crippen LogP contribution is 2.31. The van der Waals surface area contributed by atoms with Gasteiger partial charge in [0, 0.05) is 19.3 Å². The summed E-state index contributed by atoms with van der Waals surface area (Å²) in [6.45, 7) is 6.45. The van der Waals surface area contributed by atoms with Gasteiger partial charge in [0.05, 0.1) is 26.0 Å². The minimum atomic E-state index is -0.962. The minimum Gasteiger partial charge on any atom is -0.376 e. The quantitative estimate of drug-likeness (QED) is 0.465. The molecule has 0 bridgehead atoms. The largest absolute Gasteiger partial charge is 0.376 e. The molecule has 4 rings (SSSR count). The molecule has 184 valence electrons. The number of hydrogen-bond acceptors (Lipinski definition) is 4. The highest BCUT2D eigenvalue weighted by molar-refractivity contribution is 5.90. The molecule has 1 saturated heterocycles. The molecule has 1 aliphatic rings. The fourth-order valence-electron chi connectivity index (χ4n) is 4.43. The van der Waals surface area contributed by atoms with Gasteiger partial charge in [0.1, 0.15) is 5.54 Å². The fraction of sp³-hybridized carbons (Fsp3) is 0.393. The number of ether oxygens (including phenoxy) is 1. The van der Waals surface area contributed by atoms with Crippen LogP contribution in [-0.4, -0.2) is 46.0 Å². The Balaban J connectivity index is 1.42. The average molecular weight is 475 g/mol. The maximum Gasteiger partial charge on any atom is 0.253 e. The summed E-state index contributed by atoms with van der Waals surface area (Å²) in [5.74, 6) is 0.912. The van der Waals surface area contributed by atoms with Gasteiger partial charge in [-0.3, -0.25) is 9.59 Å². The van der Waals surface area contributed by atoms with Crippen LogP contribution in [0.5, 0.6) is 0 Å². The van der Waals surface area contributed by atoms with Crippen molar-refractivity contribution >= 4 is 17.6 Å². The van der Waals surface area contributed by atoms with Gasteiger partial charge in [-0.1, -0.05) is 67.6 Å². The Labute approximate surface area is 207 Å². The average Bonchev–Trinajstić information content (AvgIpc) is 3.36. The molecule has 1 aromatic heterocycles. The lowest BCUT2D eigenvalue weighted by Crippen LogP contribution is -2.51. The molecule has 7 heteroatoms. The highest BCUT2D eigenvalue weighted by atomic mass is 16.5. The molecule has 1 fully saturated rings. The van der Waals surface area contributed by atoms with Crippen LogP contribution in [0.25, 0.3) is 0 Å². The van der Waals surface area contributed by atoms with E-state index in [1.165, 1.54) is 0 Å². The zero-order chi connectivity index (χ0) is 24.7. The fourth-order valence-corrected chi connectivity index (χ4v) is 4.43. The van der Waals surface area contributed by atoms with Crippen molar-refractivity contribution in [2.75, 3.05) is 25.0 Å². The number of likely N-dealkylation sites (tertiary alicyclic amines) is 1.